The molecule has 1 rings (SSSR count). The molecule has 1 amide bonds. The van der Waals surface area contributed by atoms with Gasteiger partial charge in [-0.3, -0.25) is 9.78 Å². The summed E-state index contributed by atoms with van der Waals surface area (Å²) in [6, 6.07) is 5.34. The summed E-state index contributed by atoms with van der Waals surface area (Å²) in [6.07, 6.45) is 2.44. The lowest BCUT2D eigenvalue weighted by atomic mass is 10.3. The van der Waals surface area contributed by atoms with E-state index in [9.17, 15) is 4.79 Å². The second kappa shape index (κ2) is 6.40. The van der Waals surface area contributed by atoms with Gasteiger partial charge in [-0.1, -0.05) is 6.07 Å². The van der Waals surface area contributed by atoms with Crippen molar-refractivity contribution in [1.82, 2.24) is 9.88 Å². The maximum atomic E-state index is 11.9. The molecule has 0 bridgehead atoms. The number of alkyl halides is 1. The molecule has 0 spiro atoms. The Bertz CT molecular complexity index is 303. The third-order valence-corrected chi connectivity index (χ3v) is 2.38. The average molecular weight is 227 g/mol. The number of carbonyl (C=O) groups excluding carboxylic acids is 1. The zero-order chi connectivity index (χ0) is 11.1. The SMILES string of the molecule is CCN(CCCCl)C(=O)c1ccccn1. The predicted molar refractivity (Wildman–Crippen MR) is 61.2 cm³/mol. The van der Waals surface area contributed by atoms with Gasteiger partial charge in [-0.15, -0.1) is 11.6 Å². The minimum absolute atomic E-state index is 0.0248. The molecule has 0 N–H and O–H groups in total. The van der Waals surface area contributed by atoms with E-state index >= 15 is 0 Å². The van der Waals surface area contributed by atoms with E-state index in [1.807, 2.05) is 13.0 Å². The molecule has 0 atom stereocenters. The van der Waals surface area contributed by atoms with Gasteiger partial charge in [-0.25, -0.2) is 0 Å². The second-order valence-electron chi connectivity index (χ2n) is 3.14. The van der Waals surface area contributed by atoms with Crippen LogP contribution in [0.15, 0.2) is 24.4 Å². The number of amides is 1. The second-order valence-corrected chi connectivity index (χ2v) is 3.52. The van der Waals surface area contributed by atoms with Crippen LogP contribution in [0.2, 0.25) is 0 Å². The molecule has 0 saturated carbocycles. The van der Waals surface area contributed by atoms with E-state index in [1.165, 1.54) is 0 Å². The molecule has 1 aromatic rings. The van der Waals surface area contributed by atoms with E-state index < -0.39 is 0 Å². The third kappa shape index (κ3) is 3.51. The Morgan fingerprint density at radius 3 is 2.87 bits per heavy atom. The van der Waals surface area contributed by atoms with Gasteiger partial charge in [0.1, 0.15) is 5.69 Å². The van der Waals surface area contributed by atoms with Gasteiger partial charge in [-0.05, 0) is 25.5 Å². The minimum atomic E-state index is -0.0248. The van der Waals surface area contributed by atoms with Crippen LogP contribution in [0.1, 0.15) is 23.8 Å². The Morgan fingerprint density at radius 1 is 1.53 bits per heavy atom. The Kier molecular flexibility index (Phi) is 5.12. The maximum absolute atomic E-state index is 11.9. The summed E-state index contributed by atoms with van der Waals surface area (Å²) >= 11 is 5.60. The number of pyridine rings is 1. The average Bonchev–Trinajstić information content (AvgIpc) is 2.31. The van der Waals surface area contributed by atoms with Crippen molar-refractivity contribution < 1.29 is 4.79 Å². The summed E-state index contributed by atoms with van der Waals surface area (Å²) in [4.78, 5) is 17.7. The highest BCUT2D eigenvalue weighted by molar-refractivity contribution is 6.17. The van der Waals surface area contributed by atoms with Crippen molar-refractivity contribution in [3.63, 3.8) is 0 Å². The number of halogens is 1. The van der Waals surface area contributed by atoms with E-state index in [0.717, 1.165) is 6.42 Å². The fourth-order valence-electron chi connectivity index (χ4n) is 1.31. The fourth-order valence-corrected chi connectivity index (χ4v) is 1.42. The van der Waals surface area contributed by atoms with Gasteiger partial charge in [-0.2, -0.15) is 0 Å². The quantitative estimate of drug-likeness (QED) is 0.721. The molecule has 0 radical (unpaired) electrons. The number of hydrogen-bond donors (Lipinski definition) is 0. The summed E-state index contributed by atoms with van der Waals surface area (Å²) in [7, 11) is 0. The Hall–Kier alpha value is -1.09. The molecule has 0 aliphatic rings. The van der Waals surface area contributed by atoms with Gasteiger partial charge >= 0.3 is 0 Å². The van der Waals surface area contributed by atoms with E-state index in [2.05, 4.69) is 4.98 Å². The number of rotatable bonds is 5. The van der Waals surface area contributed by atoms with Crippen LogP contribution in [0.4, 0.5) is 0 Å². The molecule has 0 aromatic carbocycles. The number of carbonyl (C=O) groups is 1. The molecule has 0 aliphatic carbocycles. The smallest absolute Gasteiger partial charge is 0.272 e. The fraction of sp³-hybridized carbons (Fsp3) is 0.455. The summed E-state index contributed by atoms with van der Waals surface area (Å²) < 4.78 is 0. The molecule has 0 aliphatic heterocycles. The third-order valence-electron chi connectivity index (χ3n) is 2.11. The van der Waals surface area contributed by atoms with Gasteiger partial charge in [0, 0.05) is 25.2 Å². The van der Waals surface area contributed by atoms with Crippen LogP contribution < -0.4 is 0 Å². The van der Waals surface area contributed by atoms with Gasteiger partial charge in [0.2, 0.25) is 0 Å². The Morgan fingerprint density at radius 2 is 2.33 bits per heavy atom. The molecular formula is C11H15ClN2O. The molecule has 4 heteroatoms. The van der Waals surface area contributed by atoms with Crippen molar-refractivity contribution >= 4 is 17.5 Å². The standard InChI is InChI=1S/C11H15ClN2O/c1-2-14(9-5-7-12)11(15)10-6-3-4-8-13-10/h3-4,6,8H,2,5,7,9H2,1H3. The number of hydrogen-bond acceptors (Lipinski definition) is 2. The summed E-state index contributed by atoms with van der Waals surface area (Å²) in [5, 5.41) is 0. The first-order valence-electron chi connectivity index (χ1n) is 5.06. The van der Waals surface area contributed by atoms with E-state index in [-0.39, 0.29) is 5.91 Å². The lowest BCUT2D eigenvalue weighted by molar-refractivity contribution is 0.0759. The molecular weight excluding hydrogens is 212 g/mol. The highest BCUT2D eigenvalue weighted by atomic mass is 35.5. The van der Waals surface area contributed by atoms with Crippen LogP contribution in [0.25, 0.3) is 0 Å². The summed E-state index contributed by atoms with van der Waals surface area (Å²) in [5.74, 6) is 0.551. The molecule has 3 nitrogen and oxygen atoms in total. The molecule has 0 fully saturated rings. The van der Waals surface area contributed by atoms with Crippen molar-refractivity contribution in [3.8, 4) is 0 Å². The Labute approximate surface area is 95.1 Å². The lowest BCUT2D eigenvalue weighted by Crippen LogP contribution is -2.32. The lowest BCUT2D eigenvalue weighted by Gasteiger charge is -2.19. The van der Waals surface area contributed by atoms with Gasteiger partial charge in [0.05, 0.1) is 0 Å². The van der Waals surface area contributed by atoms with Crippen molar-refractivity contribution in [3.05, 3.63) is 30.1 Å². The molecule has 0 unspecified atom stereocenters. The largest absolute Gasteiger partial charge is 0.338 e. The van der Waals surface area contributed by atoms with Crippen LogP contribution in [0.5, 0.6) is 0 Å². The van der Waals surface area contributed by atoms with Crippen LogP contribution in [-0.2, 0) is 0 Å². The Balaban J connectivity index is 2.65. The number of aromatic nitrogens is 1. The molecule has 1 aromatic heterocycles. The monoisotopic (exact) mass is 226 g/mol. The van der Waals surface area contributed by atoms with E-state index in [4.69, 9.17) is 11.6 Å². The van der Waals surface area contributed by atoms with Crippen molar-refractivity contribution in [2.24, 2.45) is 0 Å². The van der Waals surface area contributed by atoms with Crippen LogP contribution in [0, 0.1) is 0 Å². The van der Waals surface area contributed by atoms with Crippen molar-refractivity contribution in [2.45, 2.75) is 13.3 Å². The maximum Gasteiger partial charge on any atom is 0.272 e. The normalized spacial score (nSPS) is 10.0. The molecule has 1 heterocycles. The van der Waals surface area contributed by atoms with Gasteiger partial charge in [0.15, 0.2) is 0 Å². The first-order valence-corrected chi connectivity index (χ1v) is 5.59. The molecule has 82 valence electrons. The first kappa shape index (κ1) is 12.0. The van der Waals surface area contributed by atoms with Crippen LogP contribution in [-0.4, -0.2) is 34.8 Å². The minimum Gasteiger partial charge on any atom is -0.338 e. The zero-order valence-electron chi connectivity index (χ0n) is 8.82. The first-order chi connectivity index (χ1) is 7.29. The number of nitrogens with zero attached hydrogens (tertiary/aromatic N) is 2. The highest BCUT2D eigenvalue weighted by Gasteiger charge is 2.13. The van der Waals surface area contributed by atoms with Crippen LogP contribution in [0.3, 0.4) is 0 Å². The zero-order valence-corrected chi connectivity index (χ0v) is 9.57. The van der Waals surface area contributed by atoms with Crippen LogP contribution >= 0.6 is 11.6 Å². The predicted octanol–water partition coefficient (Wildman–Crippen LogP) is 2.17. The van der Waals surface area contributed by atoms with Crippen molar-refractivity contribution in [1.29, 1.82) is 0 Å². The van der Waals surface area contributed by atoms with E-state index in [0.29, 0.717) is 24.7 Å². The van der Waals surface area contributed by atoms with Gasteiger partial charge in [0.25, 0.3) is 5.91 Å². The molecule has 0 saturated heterocycles. The van der Waals surface area contributed by atoms with E-state index in [1.54, 1.807) is 23.2 Å². The highest BCUT2D eigenvalue weighted by Crippen LogP contribution is 2.02. The summed E-state index contributed by atoms with van der Waals surface area (Å²) in [6.45, 7) is 3.33. The van der Waals surface area contributed by atoms with Crippen molar-refractivity contribution in [2.75, 3.05) is 19.0 Å². The molecule has 15 heavy (non-hydrogen) atoms. The van der Waals surface area contributed by atoms with Gasteiger partial charge < -0.3 is 4.90 Å². The topological polar surface area (TPSA) is 33.2 Å². The summed E-state index contributed by atoms with van der Waals surface area (Å²) in [5.41, 5.74) is 0.494.